The Bertz CT molecular complexity index is 547. The highest BCUT2D eigenvalue weighted by atomic mass is 19.1. The Morgan fingerprint density at radius 2 is 1.94 bits per heavy atom. The van der Waals surface area contributed by atoms with Crippen molar-refractivity contribution in [2.45, 2.75) is 33.2 Å². The van der Waals surface area contributed by atoms with E-state index in [1.165, 1.54) is 5.69 Å². The Kier molecular flexibility index (Phi) is 3.75. The minimum atomic E-state index is -0.130. The van der Waals surface area contributed by atoms with E-state index in [2.05, 4.69) is 24.5 Å². The number of hydrogen-bond acceptors (Lipinski definition) is 0. The maximum atomic E-state index is 13.5. The van der Waals surface area contributed by atoms with E-state index in [1.54, 1.807) is 13.0 Å². The minimum absolute atomic E-state index is 0.130. The van der Waals surface area contributed by atoms with Crippen molar-refractivity contribution >= 4 is 0 Å². The molecule has 0 saturated heterocycles. The minimum Gasteiger partial charge on any atom is -0.207 e. The first-order valence-electron chi connectivity index (χ1n) is 6.31. The Hall–Kier alpha value is -1.70. The van der Waals surface area contributed by atoms with Gasteiger partial charge in [0.2, 0.25) is 0 Å². The van der Waals surface area contributed by atoms with Crippen molar-refractivity contribution in [1.29, 1.82) is 0 Å². The van der Waals surface area contributed by atoms with E-state index >= 15 is 0 Å². The largest absolute Gasteiger partial charge is 0.207 e. The molecule has 94 valence electrons. The fraction of sp³-hybridized carbons (Fsp3) is 0.312. The lowest BCUT2D eigenvalue weighted by Gasteiger charge is -2.07. The molecule has 18 heavy (non-hydrogen) atoms. The van der Waals surface area contributed by atoms with Crippen LogP contribution in [0.5, 0.6) is 0 Å². The molecule has 0 unspecified atom stereocenters. The SMILES string of the molecule is Cc1ccc(C[n+]2ccccc2C(C)C)cc1F. The van der Waals surface area contributed by atoms with Crippen LogP contribution >= 0.6 is 0 Å². The van der Waals surface area contributed by atoms with Crippen LogP contribution < -0.4 is 4.57 Å². The Balaban J connectivity index is 2.31. The Morgan fingerprint density at radius 3 is 2.61 bits per heavy atom. The fourth-order valence-electron chi connectivity index (χ4n) is 2.09. The normalized spacial score (nSPS) is 10.9. The Morgan fingerprint density at radius 1 is 1.17 bits per heavy atom. The third-order valence-electron chi connectivity index (χ3n) is 3.16. The van der Waals surface area contributed by atoms with Crippen molar-refractivity contribution in [2.75, 3.05) is 0 Å². The average Bonchev–Trinajstić information content (AvgIpc) is 2.34. The van der Waals surface area contributed by atoms with Crippen LogP contribution in [-0.2, 0) is 6.54 Å². The average molecular weight is 244 g/mol. The van der Waals surface area contributed by atoms with Gasteiger partial charge >= 0.3 is 0 Å². The van der Waals surface area contributed by atoms with Gasteiger partial charge in [-0.25, -0.2) is 4.39 Å². The van der Waals surface area contributed by atoms with Gasteiger partial charge in [0, 0.05) is 23.6 Å². The van der Waals surface area contributed by atoms with Gasteiger partial charge in [-0.1, -0.05) is 32.0 Å². The molecule has 0 atom stereocenters. The third kappa shape index (κ3) is 2.76. The quantitative estimate of drug-likeness (QED) is 0.726. The lowest BCUT2D eigenvalue weighted by Crippen LogP contribution is -2.39. The number of aromatic nitrogens is 1. The zero-order valence-corrected chi connectivity index (χ0v) is 11.2. The molecule has 0 radical (unpaired) electrons. The lowest BCUT2D eigenvalue weighted by molar-refractivity contribution is -0.696. The summed E-state index contributed by atoms with van der Waals surface area (Å²) in [6.07, 6.45) is 2.05. The van der Waals surface area contributed by atoms with Crippen molar-refractivity contribution in [3.05, 3.63) is 65.2 Å². The van der Waals surface area contributed by atoms with Gasteiger partial charge < -0.3 is 0 Å². The van der Waals surface area contributed by atoms with Crippen molar-refractivity contribution in [1.82, 2.24) is 0 Å². The molecule has 0 saturated carbocycles. The number of hydrogen-bond donors (Lipinski definition) is 0. The van der Waals surface area contributed by atoms with E-state index in [0.717, 1.165) is 5.56 Å². The van der Waals surface area contributed by atoms with Gasteiger partial charge in [-0.15, -0.1) is 0 Å². The second-order valence-corrected chi connectivity index (χ2v) is 4.99. The summed E-state index contributed by atoms with van der Waals surface area (Å²) in [6, 6.07) is 11.6. The van der Waals surface area contributed by atoms with Crippen LogP contribution in [0.25, 0.3) is 0 Å². The van der Waals surface area contributed by atoms with Gasteiger partial charge in [-0.05, 0) is 18.6 Å². The van der Waals surface area contributed by atoms with E-state index in [1.807, 2.05) is 30.5 Å². The zero-order chi connectivity index (χ0) is 13.1. The molecule has 2 heteroatoms. The highest BCUT2D eigenvalue weighted by molar-refractivity contribution is 5.22. The van der Waals surface area contributed by atoms with Gasteiger partial charge in [-0.3, -0.25) is 0 Å². The summed E-state index contributed by atoms with van der Waals surface area (Å²) in [6.45, 7) is 6.84. The van der Waals surface area contributed by atoms with Crippen LogP contribution in [0, 0.1) is 12.7 Å². The topological polar surface area (TPSA) is 3.88 Å². The summed E-state index contributed by atoms with van der Waals surface area (Å²) in [4.78, 5) is 0. The molecule has 2 aromatic rings. The molecule has 0 spiro atoms. The molecule has 0 bridgehead atoms. The highest BCUT2D eigenvalue weighted by Gasteiger charge is 2.14. The van der Waals surface area contributed by atoms with E-state index < -0.39 is 0 Å². The number of rotatable bonds is 3. The molecule has 0 aliphatic rings. The second kappa shape index (κ2) is 5.30. The number of pyridine rings is 1. The van der Waals surface area contributed by atoms with Gasteiger partial charge in [0.15, 0.2) is 18.4 Å². The molecule has 2 rings (SSSR count). The van der Waals surface area contributed by atoms with Crippen LogP contribution in [0.1, 0.15) is 36.6 Å². The van der Waals surface area contributed by atoms with Gasteiger partial charge in [0.25, 0.3) is 0 Å². The summed E-state index contributed by atoms with van der Waals surface area (Å²) in [5, 5.41) is 0. The second-order valence-electron chi connectivity index (χ2n) is 4.99. The molecular weight excluding hydrogens is 225 g/mol. The first kappa shape index (κ1) is 12.7. The summed E-state index contributed by atoms with van der Waals surface area (Å²) in [7, 11) is 0. The van der Waals surface area contributed by atoms with Crippen molar-refractivity contribution in [2.24, 2.45) is 0 Å². The molecule has 1 nitrogen and oxygen atoms in total. The monoisotopic (exact) mass is 244 g/mol. The van der Waals surface area contributed by atoms with E-state index in [4.69, 9.17) is 0 Å². The van der Waals surface area contributed by atoms with Crippen LogP contribution in [0.3, 0.4) is 0 Å². The summed E-state index contributed by atoms with van der Waals surface area (Å²) in [5.74, 6) is 0.330. The van der Waals surface area contributed by atoms with Crippen LogP contribution in [-0.4, -0.2) is 0 Å². The molecule has 0 aliphatic heterocycles. The molecule has 0 N–H and O–H groups in total. The van der Waals surface area contributed by atoms with E-state index in [-0.39, 0.29) is 5.82 Å². The van der Waals surface area contributed by atoms with Gasteiger partial charge in [-0.2, -0.15) is 4.57 Å². The molecule has 0 fully saturated rings. The van der Waals surface area contributed by atoms with Gasteiger partial charge in [0.1, 0.15) is 5.82 Å². The molecule has 0 amide bonds. The summed E-state index contributed by atoms with van der Waals surface area (Å²) in [5.41, 5.74) is 2.95. The smallest absolute Gasteiger partial charge is 0.184 e. The predicted octanol–water partition coefficient (Wildman–Crippen LogP) is 3.59. The maximum absolute atomic E-state index is 13.5. The highest BCUT2D eigenvalue weighted by Crippen LogP contribution is 2.12. The molecular formula is C16H19FN+. The number of halogens is 1. The first-order chi connectivity index (χ1) is 8.58. The lowest BCUT2D eigenvalue weighted by atomic mass is 10.1. The Labute approximate surface area is 108 Å². The number of benzene rings is 1. The fourth-order valence-corrected chi connectivity index (χ4v) is 2.09. The summed E-state index contributed by atoms with van der Waals surface area (Å²) < 4.78 is 15.7. The number of aryl methyl sites for hydroxylation is 1. The van der Waals surface area contributed by atoms with Gasteiger partial charge in [0.05, 0.1) is 0 Å². The standard InChI is InChI=1S/C16H19FN/c1-12(2)16-6-4-5-9-18(16)11-14-8-7-13(3)15(17)10-14/h4-10,12H,11H2,1-3H3/q+1. The van der Waals surface area contributed by atoms with Crippen LogP contribution in [0.15, 0.2) is 42.6 Å². The van der Waals surface area contributed by atoms with E-state index in [9.17, 15) is 4.39 Å². The number of nitrogens with zero attached hydrogens (tertiary/aromatic N) is 1. The van der Waals surface area contributed by atoms with Crippen molar-refractivity contribution in [3.8, 4) is 0 Å². The van der Waals surface area contributed by atoms with Crippen LogP contribution in [0.4, 0.5) is 4.39 Å². The third-order valence-corrected chi connectivity index (χ3v) is 3.16. The zero-order valence-electron chi connectivity index (χ0n) is 11.2. The maximum Gasteiger partial charge on any atom is 0.184 e. The molecule has 1 aromatic carbocycles. The van der Waals surface area contributed by atoms with Crippen molar-refractivity contribution < 1.29 is 8.96 Å². The van der Waals surface area contributed by atoms with E-state index in [0.29, 0.717) is 18.0 Å². The molecule has 1 heterocycles. The van der Waals surface area contributed by atoms with Crippen LogP contribution in [0.2, 0.25) is 0 Å². The predicted molar refractivity (Wildman–Crippen MR) is 71.0 cm³/mol. The van der Waals surface area contributed by atoms with Crippen molar-refractivity contribution in [3.63, 3.8) is 0 Å². The first-order valence-corrected chi connectivity index (χ1v) is 6.31. The molecule has 0 aliphatic carbocycles. The summed E-state index contributed by atoms with van der Waals surface area (Å²) >= 11 is 0. The molecule has 1 aromatic heterocycles.